The Morgan fingerprint density at radius 3 is 2.56 bits per heavy atom. The van der Waals surface area contributed by atoms with Crippen LogP contribution in [-0.4, -0.2) is 30.4 Å². The molecule has 0 fully saturated rings. The predicted molar refractivity (Wildman–Crippen MR) is 64.3 cm³/mol. The first-order valence-electron chi connectivity index (χ1n) is 4.79. The van der Waals surface area contributed by atoms with E-state index in [0.29, 0.717) is 6.54 Å². The molecule has 1 aromatic carbocycles. The molecule has 1 unspecified atom stereocenters. The van der Waals surface area contributed by atoms with E-state index in [0.717, 1.165) is 0 Å². The van der Waals surface area contributed by atoms with Crippen molar-refractivity contribution in [2.45, 2.75) is 13.0 Å². The number of rotatable bonds is 3. The third kappa shape index (κ3) is 3.18. The minimum atomic E-state index is -0.501. The average Bonchev–Trinajstić information content (AvgIpc) is 2.26. The van der Waals surface area contributed by atoms with Crippen molar-refractivity contribution in [1.82, 2.24) is 4.90 Å². The summed E-state index contributed by atoms with van der Waals surface area (Å²) in [6.07, 6.45) is 0. The summed E-state index contributed by atoms with van der Waals surface area (Å²) in [7, 11) is 1.62. The summed E-state index contributed by atoms with van der Waals surface area (Å²) in [5, 5.41) is 0. The first-order chi connectivity index (χ1) is 7.07. The Morgan fingerprint density at radius 1 is 1.50 bits per heavy atom. The van der Waals surface area contributed by atoms with Crippen LogP contribution >= 0.6 is 12.4 Å². The number of nitrogens with two attached hydrogens (primary N) is 1. The molecule has 0 radical (unpaired) electrons. The topological polar surface area (TPSA) is 46.3 Å². The molecule has 16 heavy (non-hydrogen) atoms. The zero-order valence-corrected chi connectivity index (χ0v) is 10.1. The number of carbonyl (C=O) groups excluding carboxylic acids is 1. The molecule has 0 saturated carbocycles. The summed E-state index contributed by atoms with van der Waals surface area (Å²) in [5.41, 5.74) is 5.52. The molecule has 0 aromatic heterocycles. The molecular weight excluding hydrogens is 231 g/mol. The molecule has 1 amide bonds. The lowest BCUT2D eigenvalue weighted by Gasteiger charge is -2.23. The van der Waals surface area contributed by atoms with Gasteiger partial charge in [0.15, 0.2) is 0 Å². The second-order valence-electron chi connectivity index (χ2n) is 3.48. The van der Waals surface area contributed by atoms with E-state index in [9.17, 15) is 9.18 Å². The van der Waals surface area contributed by atoms with Gasteiger partial charge in [-0.2, -0.15) is 0 Å². The quantitative estimate of drug-likeness (QED) is 0.882. The van der Waals surface area contributed by atoms with E-state index in [1.165, 1.54) is 17.0 Å². The minimum absolute atomic E-state index is 0. The standard InChI is InChI=1S/C11H15FN2O.ClH/c1-8(7-13)14(2)11(15)9-5-3-4-6-10(9)12;/h3-6,8H,7,13H2,1-2H3;1H. The Bertz CT molecular complexity index is 360. The number of nitrogens with zero attached hydrogens (tertiary/aromatic N) is 1. The lowest BCUT2D eigenvalue weighted by atomic mass is 10.1. The molecule has 0 saturated heterocycles. The molecular formula is C11H16ClFN2O. The number of carbonyl (C=O) groups is 1. The number of hydrogen-bond acceptors (Lipinski definition) is 2. The second kappa shape index (κ2) is 6.45. The molecule has 0 aliphatic heterocycles. The van der Waals surface area contributed by atoms with E-state index >= 15 is 0 Å². The summed E-state index contributed by atoms with van der Waals surface area (Å²) in [4.78, 5) is 13.2. The fourth-order valence-electron chi connectivity index (χ4n) is 1.18. The van der Waals surface area contributed by atoms with Gasteiger partial charge in [0, 0.05) is 19.6 Å². The molecule has 5 heteroatoms. The van der Waals surface area contributed by atoms with Crippen LogP contribution in [0.4, 0.5) is 4.39 Å². The van der Waals surface area contributed by atoms with Crippen LogP contribution in [0.5, 0.6) is 0 Å². The predicted octanol–water partition coefficient (Wildman–Crippen LogP) is 1.67. The number of amides is 1. The summed E-state index contributed by atoms with van der Waals surface area (Å²) in [5.74, 6) is -0.843. The van der Waals surface area contributed by atoms with Gasteiger partial charge in [-0.1, -0.05) is 12.1 Å². The zero-order chi connectivity index (χ0) is 11.4. The molecule has 3 nitrogen and oxygen atoms in total. The normalized spacial score (nSPS) is 11.5. The third-order valence-electron chi connectivity index (χ3n) is 2.43. The summed E-state index contributed by atoms with van der Waals surface area (Å²) >= 11 is 0. The van der Waals surface area contributed by atoms with E-state index in [2.05, 4.69) is 0 Å². The Morgan fingerprint density at radius 2 is 2.06 bits per heavy atom. The van der Waals surface area contributed by atoms with Crippen molar-refractivity contribution in [3.8, 4) is 0 Å². The van der Waals surface area contributed by atoms with E-state index in [1.807, 2.05) is 6.92 Å². The van der Waals surface area contributed by atoms with E-state index in [4.69, 9.17) is 5.73 Å². The van der Waals surface area contributed by atoms with Gasteiger partial charge in [0.25, 0.3) is 5.91 Å². The van der Waals surface area contributed by atoms with Crippen LogP contribution in [0.1, 0.15) is 17.3 Å². The smallest absolute Gasteiger partial charge is 0.256 e. The molecule has 2 N–H and O–H groups in total. The van der Waals surface area contributed by atoms with E-state index in [1.54, 1.807) is 19.2 Å². The highest BCUT2D eigenvalue weighted by Gasteiger charge is 2.18. The van der Waals surface area contributed by atoms with Crippen LogP contribution in [-0.2, 0) is 0 Å². The molecule has 1 atom stereocenters. The minimum Gasteiger partial charge on any atom is -0.338 e. The first-order valence-corrected chi connectivity index (χ1v) is 4.79. The average molecular weight is 247 g/mol. The fraction of sp³-hybridized carbons (Fsp3) is 0.364. The molecule has 0 heterocycles. The van der Waals surface area contributed by atoms with Gasteiger partial charge in [-0.25, -0.2) is 4.39 Å². The van der Waals surface area contributed by atoms with Gasteiger partial charge in [-0.05, 0) is 19.1 Å². The van der Waals surface area contributed by atoms with E-state index in [-0.39, 0.29) is 29.9 Å². The maximum absolute atomic E-state index is 13.3. The summed E-state index contributed by atoms with van der Waals surface area (Å²) < 4.78 is 13.3. The maximum atomic E-state index is 13.3. The van der Waals surface area contributed by atoms with Crippen molar-refractivity contribution in [3.05, 3.63) is 35.6 Å². The zero-order valence-electron chi connectivity index (χ0n) is 9.31. The molecule has 90 valence electrons. The molecule has 0 bridgehead atoms. The van der Waals surface area contributed by atoms with Crippen molar-refractivity contribution < 1.29 is 9.18 Å². The van der Waals surface area contributed by atoms with Crippen molar-refractivity contribution in [2.75, 3.05) is 13.6 Å². The molecule has 0 aliphatic rings. The molecule has 1 aromatic rings. The third-order valence-corrected chi connectivity index (χ3v) is 2.43. The lowest BCUT2D eigenvalue weighted by Crippen LogP contribution is -2.40. The van der Waals surface area contributed by atoms with Crippen molar-refractivity contribution in [1.29, 1.82) is 0 Å². The Hall–Kier alpha value is -1.13. The van der Waals surface area contributed by atoms with Gasteiger partial charge < -0.3 is 10.6 Å². The van der Waals surface area contributed by atoms with Crippen LogP contribution < -0.4 is 5.73 Å². The highest BCUT2D eigenvalue weighted by molar-refractivity contribution is 5.94. The van der Waals surface area contributed by atoms with Crippen LogP contribution in [0.25, 0.3) is 0 Å². The summed E-state index contributed by atoms with van der Waals surface area (Å²) in [6, 6.07) is 5.83. The van der Waals surface area contributed by atoms with Crippen molar-refractivity contribution in [3.63, 3.8) is 0 Å². The second-order valence-corrected chi connectivity index (χ2v) is 3.48. The largest absolute Gasteiger partial charge is 0.338 e. The number of benzene rings is 1. The maximum Gasteiger partial charge on any atom is 0.256 e. The van der Waals surface area contributed by atoms with Crippen LogP contribution in [0, 0.1) is 5.82 Å². The van der Waals surface area contributed by atoms with Crippen LogP contribution in [0.2, 0.25) is 0 Å². The highest BCUT2D eigenvalue weighted by atomic mass is 35.5. The molecule has 1 rings (SSSR count). The van der Waals surface area contributed by atoms with E-state index < -0.39 is 5.82 Å². The Labute approximate surface area is 101 Å². The molecule has 0 aliphatic carbocycles. The number of likely N-dealkylation sites (N-methyl/N-ethyl adjacent to an activating group) is 1. The van der Waals surface area contributed by atoms with Crippen molar-refractivity contribution >= 4 is 18.3 Å². The van der Waals surface area contributed by atoms with Gasteiger partial charge >= 0.3 is 0 Å². The van der Waals surface area contributed by atoms with Gasteiger partial charge in [-0.15, -0.1) is 12.4 Å². The molecule has 0 spiro atoms. The fourth-order valence-corrected chi connectivity index (χ4v) is 1.18. The Kier molecular flexibility index (Phi) is 6.00. The van der Waals surface area contributed by atoms with Gasteiger partial charge in [0.1, 0.15) is 5.82 Å². The number of hydrogen-bond donors (Lipinski definition) is 1. The highest BCUT2D eigenvalue weighted by Crippen LogP contribution is 2.10. The van der Waals surface area contributed by atoms with Crippen LogP contribution in [0.3, 0.4) is 0 Å². The lowest BCUT2D eigenvalue weighted by molar-refractivity contribution is 0.0743. The van der Waals surface area contributed by atoms with Crippen LogP contribution in [0.15, 0.2) is 24.3 Å². The summed E-state index contributed by atoms with van der Waals surface area (Å²) in [6.45, 7) is 2.18. The van der Waals surface area contributed by atoms with Gasteiger partial charge in [0.05, 0.1) is 5.56 Å². The number of halogens is 2. The SMILES string of the molecule is CC(CN)N(C)C(=O)c1ccccc1F.Cl. The first kappa shape index (κ1) is 14.9. The van der Waals surface area contributed by atoms with Gasteiger partial charge in [0.2, 0.25) is 0 Å². The van der Waals surface area contributed by atoms with Crippen molar-refractivity contribution in [2.24, 2.45) is 5.73 Å². The van der Waals surface area contributed by atoms with Gasteiger partial charge in [-0.3, -0.25) is 4.79 Å². The Balaban J connectivity index is 0.00000225. The monoisotopic (exact) mass is 246 g/mol.